The summed E-state index contributed by atoms with van der Waals surface area (Å²) in [7, 11) is 0. The predicted molar refractivity (Wildman–Crippen MR) is 232 cm³/mol. The molecule has 0 amide bonds. The van der Waals surface area contributed by atoms with Gasteiger partial charge in [0.25, 0.3) is 0 Å². The van der Waals surface area contributed by atoms with Crippen molar-refractivity contribution in [1.29, 1.82) is 0 Å². The Bertz CT molecular complexity index is 3130. The Morgan fingerprint density at radius 1 is 0.286 bits per heavy atom. The van der Waals surface area contributed by atoms with Gasteiger partial charge in [-0.15, -0.1) is 0 Å². The third-order valence-electron chi connectivity index (χ3n) is 10.9. The fourth-order valence-electron chi connectivity index (χ4n) is 8.32. The van der Waals surface area contributed by atoms with E-state index in [1.807, 2.05) is 0 Å². The molecule has 0 aliphatic rings. The van der Waals surface area contributed by atoms with Crippen molar-refractivity contribution in [2.75, 3.05) is 0 Å². The third-order valence-corrected chi connectivity index (χ3v) is 10.9. The highest BCUT2D eigenvalue weighted by Gasteiger charge is 2.20. The molecule has 11 aromatic rings. The number of para-hydroxylation sites is 3. The highest BCUT2D eigenvalue weighted by molar-refractivity contribution is 6.19. The second-order valence-corrected chi connectivity index (χ2v) is 14.3. The van der Waals surface area contributed by atoms with E-state index in [-0.39, 0.29) is 0 Å². The third kappa shape index (κ3) is 5.31. The summed E-state index contributed by atoms with van der Waals surface area (Å²) in [6, 6.07) is 73.2. The van der Waals surface area contributed by atoms with Crippen LogP contribution in [0, 0.1) is 0 Å². The van der Waals surface area contributed by atoms with Crippen LogP contribution in [0.5, 0.6) is 0 Å². The molecule has 0 saturated carbocycles. The Morgan fingerprint density at radius 2 is 0.768 bits per heavy atom. The van der Waals surface area contributed by atoms with Crippen molar-refractivity contribution in [3.05, 3.63) is 206 Å². The van der Waals surface area contributed by atoms with Gasteiger partial charge in [-0.05, 0) is 70.8 Å². The van der Waals surface area contributed by atoms with E-state index in [0.29, 0.717) is 5.82 Å². The van der Waals surface area contributed by atoms with Gasteiger partial charge < -0.3 is 4.57 Å². The normalized spacial score (nSPS) is 11.6. The molecule has 0 N–H and O–H groups in total. The zero-order valence-electron chi connectivity index (χ0n) is 30.4. The number of hydrogen-bond acceptors (Lipinski definition) is 2. The van der Waals surface area contributed by atoms with Crippen LogP contribution in [0.1, 0.15) is 0 Å². The number of fused-ring (bicyclic) bond motifs is 6. The maximum Gasteiger partial charge on any atom is 0.162 e. The summed E-state index contributed by atoms with van der Waals surface area (Å²) >= 11 is 0. The molecule has 0 unspecified atom stereocenters. The average Bonchev–Trinajstić information content (AvgIpc) is 3.78. The van der Waals surface area contributed by atoms with E-state index in [0.717, 1.165) is 61.6 Å². The smallest absolute Gasteiger partial charge is 0.162 e. The van der Waals surface area contributed by atoms with Crippen LogP contribution in [0.4, 0.5) is 0 Å². The lowest BCUT2D eigenvalue weighted by molar-refractivity contribution is 1.05. The summed E-state index contributed by atoms with van der Waals surface area (Å²) in [5, 5.41) is 4.82. The molecule has 3 aromatic heterocycles. The Labute approximate surface area is 324 Å². The quantitative estimate of drug-likeness (QED) is 0.172. The van der Waals surface area contributed by atoms with Crippen LogP contribution < -0.4 is 0 Å². The molecule has 4 nitrogen and oxygen atoms in total. The van der Waals surface area contributed by atoms with Crippen LogP contribution in [-0.4, -0.2) is 19.1 Å². The van der Waals surface area contributed by atoms with Gasteiger partial charge in [0.15, 0.2) is 5.82 Å². The number of aromatic nitrogens is 4. The zero-order valence-corrected chi connectivity index (χ0v) is 30.4. The van der Waals surface area contributed by atoms with Gasteiger partial charge in [-0.1, -0.05) is 152 Å². The number of benzene rings is 8. The summed E-state index contributed by atoms with van der Waals surface area (Å²) in [5.41, 5.74) is 13.1. The van der Waals surface area contributed by atoms with Crippen LogP contribution in [-0.2, 0) is 0 Å². The van der Waals surface area contributed by atoms with Gasteiger partial charge in [-0.2, -0.15) is 0 Å². The Hall–Kier alpha value is -7.56. The summed E-state index contributed by atoms with van der Waals surface area (Å²) in [6.07, 6.45) is 0. The first-order valence-electron chi connectivity index (χ1n) is 19.0. The Balaban J connectivity index is 1.20. The maximum absolute atomic E-state index is 5.44. The molecule has 0 atom stereocenters. The van der Waals surface area contributed by atoms with E-state index >= 15 is 0 Å². The van der Waals surface area contributed by atoms with Crippen LogP contribution in [0.15, 0.2) is 206 Å². The molecule has 0 aliphatic heterocycles. The van der Waals surface area contributed by atoms with E-state index in [2.05, 4.69) is 215 Å². The molecule has 0 aliphatic carbocycles. The Morgan fingerprint density at radius 3 is 1.41 bits per heavy atom. The lowest BCUT2D eigenvalue weighted by Crippen LogP contribution is -2.03. The van der Waals surface area contributed by atoms with Gasteiger partial charge >= 0.3 is 0 Å². The monoisotopic (exact) mass is 714 g/mol. The van der Waals surface area contributed by atoms with Crippen LogP contribution in [0.2, 0.25) is 0 Å². The van der Waals surface area contributed by atoms with Crippen molar-refractivity contribution in [2.45, 2.75) is 0 Å². The second-order valence-electron chi connectivity index (χ2n) is 14.3. The fraction of sp³-hybridized carbons (Fsp3) is 0. The largest absolute Gasteiger partial charge is 0.309 e. The molecule has 0 radical (unpaired) electrons. The summed E-state index contributed by atoms with van der Waals surface area (Å²) in [5.74, 6) is 1.49. The van der Waals surface area contributed by atoms with Gasteiger partial charge in [0, 0.05) is 44.4 Å². The van der Waals surface area contributed by atoms with Crippen molar-refractivity contribution in [3.63, 3.8) is 0 Å². The van der Waals surface area contributed by atoms with Gasteiger partial charge in [0.1, 0.15) is 5.82 Å². The molecule has 8 aromatic carbocycles. The molecule has 0 fully saturated rings. The molecule has 56 heavy (non-hydrogen) atoms. The fourth-order valence-corrected chi connectivity index (χ4v) is 8.32. The van der Waals surface area contributed by atoms with E-state index in [4.69, 9.17) is 9.97 Å². The molecule has 0 saturated heterocycles. The molecule has 262 valence electrons. The van der Waals surface area contributed by atoms with Gasteiger partial charge in [-0.25, -0.2) is 9.97 Å². The second kappa shape index (κ2) is 13.1. The first-order valence-corrected chi connectivity index (χ1v) is 19.0. The van der Waals surface area contributed by atoms with Crippen molar-refractivity contribution < 1.29 is 0 Å². The molecule has 4 heteroatoms. The highest BCUT2D eigenvalue weighted by atomic mass is 15.1. The average molecular weight is 715 g/mol. The van der Waals surface area contributed by atoms with Crippen LogP contribution in [0.25, 0.3) is 100 Å². The van der Waals surface area contributed by atoms with Crippen molar-refractivity contribution in [1.82, 2.24) is 19.1 Å². The lowest BCUT2D eigenvalue weighted by Gasteiger charge is -2.14. The number of nitrogens with zero attached hydrogens (tertiary/aromatic N) is 4. The SMILES string of the molecule is c1ccc(-c2cccc(-c3cc(-n4c5ccccc5c5cc6c7ccccc7n(-c7ccccc7)c6cc54)nc(-c4cccc(-c5ccccc5)c4)n3)c2)cc1. The van der Waals surface area contributed by atoms with Gasteiger partial charge in [0.2, 0.25) is 0 Å². The number of rotatable bonds is 6. The standard InChI is InChI=1S/C52H34N4/c1-4-16-35(17-5-1)37-20-14-22-39(30-37)46-33-51(54-52(53-46)40-23-15-21-38(31-40)36-18-6-2-7-19-36)56-48-29-13-11-27-43(48)45-32-44-42-26-10-12-28-47(42)55(49(44)34-50(45)56)41-24-8-3-9-25-41/h1-34H. The summed E-state index contributed by atoms with van der Waals surface area (Å²) < 4.78 is 4.71. The first-order chi connectivity index (χ1) is 27.8. The molecule has 3 heterocycles. The van der Waals surface area contributed by atoms with Crippen LogP contribution in [0.3, 0.4) is 0 Å². The minimum Gasteiger partial charge on any atom is -0.309 e. The summed E-state index contributed by atoms with van der Waals surface area (Å²) in [4.78, 5) is 10.8. The van der Waals surface area contributed by atoms with E-state index in [1.54, 1.807) is 0 Å². The molecule has 11 rings (SSSR count). The van der Waals surface area contributed by atoms with Gasteiger partial charge in [0.05, 0.1) is 27.8 Å². The highest BCUT2D eigenvalue weighted by Crippen LogP contribution is 2.40. The van der Waals surface area contributed by atoms with Gasteiger partial charge in [-0.3, -0.25) is 4.57 Å². The maximum atomic E-state index is 5.44. The molecule has 0 spiro atoms. The zero-order chi connectivity index (χ0) is 37.0. The van der Waals surface area contributed by atoms with E-state index in [9.17, 15) is 0 Å². The Kier molecular flexibility index (Phi) is 7.46. The predicted octanol–water partition coefficient (Wildman–Crippen LogP) is 13.3. The molecular weight excluding hydrogens is 681 g/mol. The number of hydrogen-bond donors (Lipinski definition) is 0. The molecular formula is C52H34N4. The summed E-state index contributed by atoms with van der Waals surface area (Å²) in [6.45, 7) is 0. The van der Waals surface area contributed by atoms with Crippen molar-refractivity contribution in [3.8, 4) is 56.4 Å². The van der Waals surface area contributed by atoms with Crippen LogP contribution >= 0.6 is 0 Å². The van der Waals surface area contributed by atoms with E-state index < -0.39 is 0 Å². The minimum atomic E-state index is 0.672. The van der Waals surface area contributed by atoms with E-state index in [1.165, 1.54) is 32.6 Å². The lowest BCUT2D eigenvalue weighted by atomic mass is 10.0. The first kappa shape index (κ1) is 31.9. The minimum absolute atomic E-state index is 0.672. The van der Waals surface area contributed by atoms with Crippen molar-refractivity contribution >= 4 is 43.6 Å². The molecule has 0 bridgehead atoms. The van der Waals surface area contributed by atoms with Crippen molar-refractivity contribution in [2.24, 2.45) is 0 Å². The topological polar surface area (TPSA) is 35.6 Å².